The normalized spacial score (nSPS) is 12.5. The number of pyridine rings is 1. The lowest BCUT2D eigenvalue weighted by Gasteiger charge is -2.13. The molecule has 1 N–H and O–H groups in total. The summed E-state index contributed by atoms with van der Waals surface area (Å²) in [6.07, 6.45) is 4.26. The van der Waals surface area contributed by atoms with Gasteiger partial charge in [-0.05, 0) is 34.0 Å². The monoisotopic (exact) mass is 342 g/mol. The zero-order chi connectivity index (χ0) is 14.8. The number of carbonyl (C=O) groups is 1. The Morgan fingerprint density at radius 2 is 2.10 bits per heavy atom. The van der Waals surface area contributed by atoms with Gasteiger partial charge in [-0.1, -0.05) is 37.3 Å². The highest BCUT2D eigenvalue weighted by Crippen LogP contribution is 2.28. The van der Waals surface area contributed by atoms with E-state index in [1.165, 1.54) is 0 Å². The molecule has 0 bridgehead atoms. The van der Waals surface area contributed by atoms with Crippen LogP contribution < -0.4 is 0 Å². The third-order valence-electron chi connectivity index (χ3n) is 3.69. The van der Waals surface area contributed by atoms with E-state index in [4.69, 9.17) is 0 Å². The summed E-state index contributed by atoms with van der Waals surface area (Å²) in [6.45, 7) is 2.04. The molecule has 2 heterocycles. The van der Waals surface area contributed by atoms with Gasteiger partial charge in [0.25, 0.3) is 0 Å². The van der Waals surface area contributed by atoms with Gasteiger partial charge in [-0.2, -0.15) is 0 Å². The molecule has 0 aliphatic heterocycles. The lowest BCUT2D eigenvalue weighted by atomic mass is 9.89. The summed E-state index contributed by atoms with van der Waals surface area (Å²) < 4.78 is 0.872. The van der Waals surface area contributed by atoms with Gasteiger partial charge in [0.15, 0.2) is 5.78 Å². The standard InChI is InChI=1S/C17H15BrN2O/c1-2-13(11-6-4-3-5-7-11)16(21)15-10-20-17-14(15)8-12(18)9-19-17/h3-10,13H,2H2,1H3,(H,19,20). The van der Waals surface area contributed by atoms with Crippen molar-refractivity contribution in [3.63, 3.8) is 0 Å². The number of rotatable bonds is 4. The van der Waals surface area contributed by atoms with E-state index in [0.717, 1.165) is 27.5 Å². The van der Waals surface area contributed by atoms with Crippen LogP contribution in [0.3, 0.4) is 0 Å². The average molecular weight is 343 g/mol. The van der Waals surface area contributed by atoms with Crippen LogP contribution in [-0.4, -0.2) is 15.8 Å². The number of halogens is 1. The largest absolute Gasteiger partial charge is 0.345 e. The second kappa shape index (κ2) is 5.82. The van der Waals surface area contributed by atoms with Crippen LogP contribution in [0, 0.1) is 0 Å². The molecule has 1 aromatic carbocycles. The maximum Gasteiger partial charge on any atom is 0.172 e. The van der Waals surface area contributed by atoms with Crippen LogP contribution in [0.2, 0.25) is 0 Å². The Labute approximate surface area is 131 Å². The van der Waals surface area contributed by atoms with Crippen LogP contribution in [0.1, 0.15) is 35.2 Å². The van der Waals surface area contributed by atoms with Crippen molar-refractivity contribution >= 4 is 32.7 Å². The number of H-pyrrole nitrogens is 1. The van der Waals surface area contributed by atoms with Crippen molar-refractivity contribution in [2.24, 2.45) is 0 Å². The number of ketones is 1. The SMILES string of the molecule is CCC(C(=O)c1c[nH]c2ncc(Br)cc12)c1ccccc1. The van der Waals surface area contributed by atoms with Gasteiger partial charge < -0.3 is 4.98 Å². The summed E-state index contributed by atoms with van der Waals surface area (Å²) in [5.41, 5.74) is 2.50. The second-order valence-electron chi connectivity index (χ2n) is 4.99. The van der Waals surface area contributed by atoms with Crippen molar-refractivity contribution in [1.82, 2.24) is 9.97 Å². The minimum Gasteiger partial charge on any atom is -0.345 e. The van der Waals surface area contributed by atoms with E-state index in [1.807, 2.05) is 43.3 Å². The molecule has 2 aromatic heterocycles. The second-order valence-corrected chi connectivity index (χ2v) is 5.90. The molecule has 1 atom stereocenters. The summed E-state index contributed by atoms with van der Waals surface area (Å²) in [6, 6.07) is 11.9. The van der Waals surface area contributed by atoms with Gasteiger partial charge in [0.1, 0.15) is 5.65 Å². The molecule has 0 amide bonds. The molecule has 3 nitrogen and oxygen atoms in total. The van der Waals surface area contributed by atoms with Gasteiger partial charge in [-0.3, -0.25) is 4.79 Å². The Morgan fingerprint density at radius 3 is 2.81 bits per heavy atom. The Hall–Kier alpha value is -1.94. The Kier molecular flexibility index (Phi) is 3.88. The Morgan fingerprint density at radius 1 is 1.33 bits per heavy atom. The molecule has 0 saturated heterocycles. The first-order chi connectivity index (χ1) is 10.2. The van der Waals surface area contributed by atoms with Crippen LogP contribution in [0.5, 0.6) is 0 Å². The van der Waals surface area contributed by atoms with Gasteiger partial charge in [0.2, 0.25) is 0 Å². The predicted molar refractivity (Wildman–Crippen MR) is 87.6 cm³/mol. The van der Waals surface area contributed by atoms with Crippen molar-refractivity contribution in [2.75, 3.05) is 0 Å². The molecule has 0 saturated carbocycles. The van der Waals surface area contributed by atoms with E-state index in [9.17, 15) is 4.79 Å². The molecule has 0 aliphatic carbocycles. The molecule has 0 fully saturated rings. The van der Waals surface area contributed by atoms with Crippen LogP contribution in [0.4, 0.5) is 0 Å². The zero-order valence-electron chi connectivity index (χ0n) is 11.6. The molecule has 3 aromatic rings. The number of hydrogen-bond acceptors (Lipinski definition) is 2. The quantitative estimate of drug-likeness (QED) is 0.698. The number of aromatic amines is 1. The fourth-order valence-electron chi connectivity index (χ4n) is 2.63. The number of nitrogens with one attached hydrogen (secondary N) is 1. The first-order valence-corrected chi connectivity index (χ1v) is 7.71. The number of benzene rings is 1. The van der Waals surface area contributed by atoms with E-state index in [0.29, 0.717) is 5.56 Å². The molecular weight excluding hydrogens is 328 g/mol. The number of carbonyl (C=O) groups excluding carboxylic acids is 1. The van der Waals surface area contributed by atoms with E-state index in [1.54, 1.807) is 12.4 Å². The number of nitrogens with zero attached hydrogens (tertiary/aromatic N) is 1. The van der Waals surface area contributed by atoms with E-state index in [-0.39, 0.29) is 11.7 Å². The minimum atomic E-state index is -0.121. The number of hydrogen-bond donors (Lipinski definition) is 1. The molecule has 1 unspecified atom stereocenters. The molecule has 21 heavy (non-hydrogen) atoms. The van der Waals surface area contributed by atoms with Crippen molar-refractivity contribution in [3.05, 3.63) is 64.4 Å². The average Bonchev–Trinajstić information content (AvgIpc) is 2.92. The molecule has 0 spiro atoms. The van der Waals surface area contributed by atoms with Crippen LogP contribution >= 0.6 is 15.9 Å². The van der Waals surface area contributed by atoms with Crippen LogP contribution in [0.15, 0.2) is 53.3 Å². The minimum absolute atomic E-state index is 0.121. The lowest BCUT2D eigenvalue weighted by Crippen LogP contribution is -2.11. The first kappa shape index (κ1) is 14.0. The van der Waals surface area contributed by atoms with Gasteiger partial charge >= 0.3 is 0 Å². The lowest BCUT2D eigenvalue weighted by molar-refractivity contribution is 0.0959. The fraction of sp³-hybridized carbons (Fsp3) is 0.176. The third-order valence-corrected chi connectivity index (χ3v) is 4.12. The van der Waals surface area contributed by atoms with Gasteiger partial charge in [-0.15, -0.1) is 0 Å². The van der Waals surface area contributed by atoms with Gasteiger partial charge in [0, 0.05) is 33.7 Å². The van der Waals surface area contributed by atoms with Gasteiger partial charge in [0.05, 0.1) is 0 Å². The van der Waals surface area contributed by atoms with Crippen LogP contribution in [-0.2, 0) is 0 Å². The van der Waals surface area contributed by atoms with E-state index < -0.39 is 0 Å². The van der Waals surface area contributed by atoms with Crippen molar-refractivity contribution in [1.29, 1.82) is 0 Å². The molecule has 0 aliphatic rings. The Bertz CT molecular complexity index is 780. The van der Waals surface area contributed by atoms with Gasteiger partial charge in [-0.25, -0.2) is 4.98 Å². The smallest absolute Gasteiger partial charge is 0.172 e. The predicted octanol–water partition coefficient (Wildman–Crippen LogP) is 4.70. The highest BCUT2D eigenvalue weighted by Gasteiger charge is 2.23. The highest BCUT2D eigenvalue weighted by atomic mass is 79.9. The maximum absolute atomic E-state index is 12.9. The molecule has 3 rings (SSSR count). The molecule has 106 valence electrons. The fourth-order valence-corrected chi connectivity index (χ4v) is 2.96. The molecular formula is C17H15BrN2O. The summed E-state index contributed by atoms with van der Waals surface area (Å²) in [7, 11) is 0. The summed E-state index contributed by atoms with van der Waals surface area (Å²) in [5.74, 6) is 0.0130. The number of fused-ring (bicyclic) bond motifs is 1. The topological polar surface area (TPSA) is 45.8 Å². The van der Waals surface area contributed by atoms with Crippen molar-refractivity contribution in [3.8, 4) is 0 Å². The van der Waals surface area contributed by atoms with Crippen molar-refractivity contribution < 1.29 is 4.79 Å². The molecule has 0 radical (unpaired) electrons. The molecule has 4 heteroatoms. The van der Waals surface area contributed by atoms with E-state index in [2.05, 4.69) is 25.9 Å². The third kappa shape index (κ3) is 2.63. The number of Topliss-reactive ketones (excluding diaryl/α,β-unsaturated/α-hetero) is 1. The maximum atomic E-state index is 12.9. The van der Waals surface area contributed by atoms with Crippen LogP contribution in [0.25, 0.3) is 11.0 Å². The summed E-state index contributed by atoms with van der Waals surface area (Å²) >= 11 is 3.41. The van der Waals surface area contributed by atoms with Crippen molar-refractivity contribution in [2.45, 2.75) is 19.3 Å². The summed E-state index contributed by atoms with van der Waals surface area (Å²) in [5, 5.41) is 0.865. The zero-order valence-corrected chi connectivity index (χ0v) is 13.2. The summed E-state index contributed by atoms with van der Waals surface area (Å²) in [4.78, 5) is 20.3. The first-order valence-electron chi connectivity index (χ1n) is 6.92. The number of aromatic nitrogens is 2. The Balaban J connectivity index is 2.05. The van der Waals surface area contributed by atoms with E-state index >= 15 is 0 Å². The highest BCUT2D eigenvalue weighted by molar-refractivity contribution is 9.10.